The van der Waals surface area contributed by atoms with Gasteiger partial charge in [-0.25, -0.2) is 0 Å². The van der Waals surface area contributed by atoms with Gasteiger partial charge < -0.3 is 13.6 Å². The average molecular weight is 401 g/mol. The summed E-state index contributed by atoms with van der Waals surface area (Å²) in [5, 5.41) is 0.458. The first-order chi connectivity index (χ1) is 11.6. The van der Waals surface area contributed by atoms with E-state index in [1.807, 2.05) is 6.08 Å². The van der Waals surface area contributed by atoms with Crippen molar-refractivity contribution in [2.45, 2.75) is 103 Å². The second-order valence-electron chi connectivity index (χ2n) is 11.0. The molecule has 0 saturated carbocycles. The molecule has 1 heterocycles. The van der Waals surface area contributed by atoms with Crippen molar-refractivity contribution >= 4 is 16.6 Å². The molecule has 0 aromatic carbocycles. The van der Waals surface area contributed by atoms with Crippen molar-refractivity contribution in [2.24, 2.45) is 5.92 Å². The average Bonchev–Trinajstić information content (AvgIpc) is 2.83. The third-order valence-corrected chi connectivity index (χ3v) is 15.8. The third-order valence-electron chi connectivity index (χ3n) is 6.77. The lowest BCUT2D eigenvalue weighted by Gasteiger charge is -2.38. The fourth-order valence-corrected chi connectivity index (χ4v) is 4.71. The van der Waals surface area contributed by atoms with Crippen molar-refractivity contribution in [3.8, 4) is 0 Å². The molecule has 1 aliphatic rings. The minimum absolute atomic E-state index is 0.138. The van der Waals surface area contributed by atoms with E-state index in [4.69, 9.17) is 13.6 Å². The lowest BCUT2D eigenvalue weighted by Crippen LogP contribution is -2.45. The molecule has 0 spiro atoms. The van der Waals surface area contributed by atoms with E-state index in [9.17, 15) is 0 Å². The monoisotopic (exact) mass is 400 g/mol. The van der Waals surface area contributed by atoms with Gasteiger partial charge in [-0.15, -0.1) is 6.58 Å². The highest BCUT2D eigenvalue weighted by molar-refractivity contribution is 6.74. The van der Waals surface area contributed by atoms with E-state index in [1.54, 1.807) is 0 Å². The van der Waals surface area contributed by atoms with Crippen LogP contribution in [0, 0.1) is 5.92 Å². The van der Waals surface area contributed by atoms with Crippen LogP contribution in [0.1, 0.15) is 54.4 Å². The van der Waals surface area contributed by atoms with Gasteiger partial charge in [0, 0.05) is 12.5 Å². The summed E-state index contributed by atoms with van der Waals surface area (Å²) in [4.78, 5) is 0. The molecule has 26 heavy (non-hydrogen) atoms. The minimum Gasteiger partial charge on any atom is -0.416 e. The summed E-state index contributed by atoms with van der Waals surface area (Å²) in [5.74, 6) is 0.416. The molecular formula is C21H44O3Si2. The van der Waals surface area contributed by atoms with E-state index in [1.165, 1.54) is 0 Å². The summed E-state index contributed by atoms with van der Waals surface area (Å²) in [7, 11) is -3.50. The molecule has 0 aliphatic carbocycles. The van der Waals surface area contributed by atoms with Crippen LogP contribution in [-0.4, -0.2) is 42.1 Å². The molecule has 154 valence electrons. The Morgan fingerprint density at radius 3 is 1.81 bits per heavy atom. The van der Waals surface area contributed by atoms with Gasteiger partial charge in [-0.1, -0.05) is 47.6 Å². The molecule has 5 heteroatoms. The van der Waals surface area contributed by atoms with Crippen LogP contribution in [0.15, 0.2) is 12.7 Å². The maximum absolute atomic E-state index is 6.52. The molecule has 0 bridgehead atoms. The van der Waals surface area contributed by atoms with Crippen LogP contribution in [-0.2, 0) is 13.6 Å². The summed E-state index contributed by atoms with van der Waals surface area (Å²) in [6, 6.07) is 0. The van der Waals surface area contributed by atoms with Crippen molar-refractivity contribution in [1.82, 2.24) is 0 Å². The second-order valence-corrected chi connectivity index (χ2v) is 20.6. The van der Waals surface area contributed by atoms with Gasteiger partial charge in [0.2, 0.25) is 0 Å². The van der Waals surface area contributed by atoms with Crippen molar-refractivity contribution in [2.75, 3.05) is 13.2 Å². The van der Waals surface area contributed by atoms with E-state index in [-0.39, 0.29) is 22.3 Å². The summed E-state index contributed by atoms with van der Waals surface area (Å²) < 4.78 is 19.3. The van der Waals surface area contributed by atoms with E-state index >= 15 is 0 Å². The van der Waals surface area contributed by atoms with E-state index in [2.05, 4.69) is 74.3 Å². The van der Waals surface area contributed by atoms with Gasteiger partial charge in [-0.2, -0.15) is 0 Å². The topological polar surface area (TPSA) is 27.7 Å². The molecule has 0 amide bonds. The number of ether oxygens (including phenoxy) is 1. The zero-order valence-electron chi connectivity index (χ0n) is 19.1. The Morgan fingerprint density at radius 1 is 0.923 bits per heavy atom. The van der Waals surface area contributed by atoms with Crippen molar-refractivity contribution in [3.63, 3.8) is 0 Å². The highest BCUT2D eigenvalue weighted by atomic mass is 28.4. The largest absolute Gasteiger partial charge is 0.416 e. The molecule has 0 N–H and O–H groups in total. The molecular weight excluding hydrogens is 356 g/mol. The van der Waals surface area contributed by atoms with Crippen molar-refractivity contribution in [3.05, 3.63) is 12.7 Å². The molecule has 1 fully saturated rings. The molecule has 3 atom stereocenters. The second kappa shape index (κ2) is 8.60. The fourth-order valence-electron chi connectivity index (χ4n) is 2.63. The van der Waals surface area contributed by atoms with Crippen molar-refractivity contribution < 1.29 is 13.6 Å². The molecule has 0 radical (unpaired) electrons. The quantitative estimate of drug-likeness (QED) is 0.349. The van der Waals surface area contributed by atoms with Gasteiger partial charge in [-0.3, -0.25) is 0 Å². The van der Waals surface area contributed by atoms with E-state index < -0.39 is 16.6 Å². The van der Waals surface area contributed by atoms with Gasteiger partial charge in [0.25, 0.3) is 0 Å². The standard InChI is InChI=1S/C21H44O3Si2/c1-12-13-18-14-17(15-22-25(8,9)20(2,3)4)19(24-18)16-23-26(10,11)21(5,6)7/h12,17-19H,1,13-16H2,2-11H3/t17-,18+,19-/m1/s1. The normalized spacial score (nSPS) is 25.5. The summed E-state index contributed by atoms with van der Waals surface area (Å²) in [5.41, 5.74) is 0. The molecule has 0 aromatic heterocycles. The number of rotatable bonds is 8. The van der Waals surface area contributed by atoms with Crippen molar-refractivity contribution in [1.29, 1.82) is 0 Å². The Bertz CT molecular complexity index is 423. The SMILES string of the molecule is C=CC[C@H]1C[C@H](CO[Si](C)(C)C(C)(C)C)[C@@H](CO[Si](C)(C)C(C)(C)C)O1. The first kappa shape index (κ1) is 24.1. The van der Waals surface area contributed by atoms with Crippen LogP contribution in [0.2, 0.25) is 36.3 Å². The predicted octanol–water partition coefficient (Wildman–Crippen LogP) is 6.38. The zero-order chi connectivity index (χ0) is 20.4. The third kappa shape index (κ3) is 6.30. The zero-order valence-corrected chi connectivity index (χ0v) is 21.1. The van der Waals surface area contributed by atoms with Crippen LogP contribution < -0.4 is 0 Å². The number of hydrogen-bond donors (Lipinski definition) is 0. The summed E-state index contributed by atoms with van der Waals surface area (Å²) in [6.45, 7) is 28.4. The van der Waals surface area contributed by atoms with Crippen LogP contribution in [0.4, 0.5) is 0 Å². The molecule has 0 aromatic rings. The molecule has 1 aliphatic heterocycles. The Balaban J connectivity index is 2.75. The summed E-state index contributed by atoms with van der Waals surface area (Å²) in [6.07, 6.45) is 4.32. The minimum atomic E-state index is -1.76. The summed E-state index contributed by atoms with van der Waals surface area (Å²) >= 11 is 0. The fraction of sp³-hybridized carbons (Fsp3) is 0.905. The van der Waals surface area contributed by atoms with E-state index in [0.29, 0.717) is 12.5 Å². The lowest BCUT2D eigenvalue weighted by atomic mass is 10.00. The van der Waals surface area contributed by atoms with E-state index in [0.717, 1.165) is 19.4 Å². The van der Waals surface area contributed by atoms with Crippen LogP contribution in [0.25, 0.3) is 0 Å². The smallest absolute Gasteiger partial charge is 0.192 e. The van der Waals surface area contributed by atoms with Gasteiger partial charge in [0.05, 0.1) is 18.8 Å². The number of hydrogen-bond acceptors (Lipinski definition) is 3. The maximum atomic E-state index is 6.52. The highest BCUT2D eigenvalue weighted by Gasteiger charge is 2.43. The molecule has 3 nitrogen and oxygen atoms in total. The van der Waals surface area contributed by atoms with Gasteiger partial charge in [-0.05, 0) is 49.1 Å². The molecule has 1 rings (SSSR count). The van der Waals surface area contributed by atoms with Crippen LogP contribution >= 0.6 is 0 Å². The Morgan fingerprint density at radius 2 is 1.38 bits per heavy atom. The highest BCUT2D eigenvalue weighted by Crippen LogP contribution is 2.40. The maximum Gasteiger partial charge on any atom is 0.192 e. The predicted molar refractivity (Wildman–Crippen MR) is 118 cm³/mol. The first-order valence-electron chi connectivity index (χ1n) is 10.1. The van der Waals surface area contributed by atoms with Crippen LogP contribution in [0.3, 0.4) is 0 Å². The molecule has 1 saturated heterocycles. The van der Waals surface area contributed by atoms with Crippen LogP contribution in [0.5, 0.6) is 0 Å². The lowest BCUT2D eigenvalue weighted by molar-refractivity contribution is -0.00200. The van der Waals surface area contributed by atoms with Gasteiger partial charge in [0.1, 0.15) is 0 Å². The first-order valence-corrected chi connectivity index (χ1v) is 16.0. The van der Waals surface area contributed by atoms with Gasteiger partial charge in [0.15, 0.2) is 16.6 Å². The Labute approximate surface area is 165 Å². The Hall–Kier alpha value is 0.0538. The Kier molecular flexibility index (Phi) is 7.97. The van der Waals surface area contributed by atoms with Gasteiger partial charge >= 0.3 is 0 Å². The molecule has 0 unspecified atom stereocenters.